The van der Waals surface area contributed by atoms with Gasteiger partial charge in [-0.2, -0.15) is 0 Å². The first-order valence-corrected chi connectivity index (χ1v) is 6.21. The number of rotatable bonds is 2. The van der Waals surface area contributed by atoms with E-state index in [4.69, 9.17) is 14.6 Å². The second kappa shape index (κ2) is 5.75. The Morgan fingerprint density at radius 1 is 1.33 bits per heavy atom. The highest BCUT2D eigenvalue weighted by Gasteiger charge is 2.45. The zero-order valence-corrected chi connectivity index (χ0v) is 11.5. The maximum absolute atomic E-state index is 11.7. The largest absolute Gasteiger partial charge is 0.455 e. The van der Waals surface area contributed by atoms with Crippen molar-refractivity contribution in [1.29, 1.82) is 0 Å². The molecule has 18 heavy (non-hydrogen) atoms. The van der Waals surface area contributed by atoms with E-state index in [2.05, 4.69) is 12.6 Å². The molecule has 6 nitrogen and oxygen atoms in total. The zero-order valence-electron chi connectivity index (χ0n) is 10.6. The summed E-state index contributed by atoms with van der Waals surface area (Å²) in [7, 11) is 0. The van der Waals surface area contributed by atoms with Gasteiger partial charge in [-0.3, -0.25) is 4.79 Å². The smallest absolute Gasteiger partial charge is 0.311 e. The van der Waals surface area contributed by atoms with Crippen molar-refractivity contribution in [3.8, 4) is 0 Å². The minimum absolute atomic E-state index is 0.449. The molecule has 0 aromatic carbocycles. The molecule has 0 unspecified atom stereocenters. The maximum atomic E-state index is 11.7. The highest BCUT2D eigenvalue weighted by atomic mass is 32.1. The van der Waals surface area contributed by atoms with E-state index < -0.39 is 47.8 Å². The molecule has 7 heteroatoms. The van der Waals surface area contributed by atoms with Gasteiger partial charge in [0.1, 0.15) is 23.7 Å². The number of aliphatic hydroxyl groups excluding tert-OH is 3. The van der Waals surface area contributed by atoms with E-state index in [0.29, 0.717) is 0 Å². The Morgan fingerprint density at radius 3 is 2.33 bits per heavy atom. The summed E-state index contributed by atoms with van der Waals surface area (Å²) in [5.74, 6) is -0.524. The van der Waals surface area contributed by atoms with Gasteiger partial charge < -0.3 is 24.8 Å². The van der Waals surface area contributed by atoms with Gasteiger partial charge in [0.25, 0.3) is 0 Å². The fourth-order valence-corrected chi connectivity index (χ4v) is 1.89. The van der Waals surface area contributed by atoms with E-state index in [1.54, 1.807) is 20.8 Å². The first-order chi connectivity index (χ1) is 8.18. The molecule has 0 amide bonds. The molecule has 1 heterocycles. The average Bonchev–Trinajstić information content (AvgIpc) is 2.27. The topological polar surface area (TPSA) is 96.2 Å². The van der Waals surface area contributed by atoms with Crippen molar-refractivity contribution in [2.75, 3.05) is 6.61 Å². The number of carbonyl (C=O) groups is 1. The Bertz CT molecular complexity index is 302. The molecule has 1 saturated heterocycles. The summed E-state index contributed by atoms with van der Waals surface area (Å²) in [6.07, 6.45) is -4.68. The van der Waals surface area contributed by atoms with Gasteiger partial charge in [-0.25, -0.2) is 0 Å². The van der Waals surface area contributed by atoms with E-state index in [1.807, 2.05) is 0 Å². The molecule has 1 aliphatic heterocycles. The van der Waals surface area contributed by atoms with Crippen LogP contribution >= 0.6 is 12.6 Å². The predicted molar refractivity (Wildman–Crippen MR) is 66.1 cm³/mol. The summed E-state index contributed by atoms with van der Waals surface area (Å²) in [4.78, 5) is 11.7. The molecule has 1 fully saturated rings. The Balaban J connectivity index is 2.74. The molecule has 3 N–H and O–H groups in total. The molecule has 0 bridgehead atoms. The average molecular weight is 280 g/mol. The van der Waals surface area contributed by atoms with Gasteiger partial charge in [0.2, 0.25) is 0 Å². The van der Waals surface area contributed by atoms with E-state index in [0.717, 1.165) is 0 Å². The van der Waals surface area contributed by atoms with Gasteiger partial charge in [-0.15, -0.1) is 12.6 Å². The van der Waals surface area contributed by atoms with Gasteiger partial charge in [-0.1, -0.05) is 0 Å². The normalized spacial score (nSPS) is 37.4. The minimum atomic E-state index is -1.34. The lowest BCUT2D eigenvalue weighted by molar-refractivity contribution is -0.222. The molecule has 1 rings (SSSR count). The number of thiol groups is 1. The Morgan fingerprint density at radius 2 is 1.89 bits per heavy atom. The van der Waals surface area contributed by atoms with Crippen LogP contribution in [0, 0.1) is 5.41 Å². The molecule has 0 aliphatic carbocycles. The minimum Gasteiger partial charge on any atom is -0.455 e. The molecule has 0 aromatic rings. The lowest BCUT2D eigenvalue weighted by Crippen LogP contribution is -2.58. The van der Waals surface area contributed by atoms with Crippen molar-refractivity contribution in [2.45, 2.75) is 50.6 Å². The van der Waals surface area contributed by atoms with Crippen molar-refractivity contribution >= 4 is 18.6 Å². The third-order valence-electron chi connectivity index (χ3n) is 2.70. The number of hydrogen-bond acceptors (Lipinski definition) is 7. The fourth-order valence-electron chi connectivity index (χ4n) is 1.50. The van der Waals surface area contributed by atoms with E-state index in [9.17, 15) is 15.0 Å². The van der Waals surface area contributed by atoms with Gasteiger partial charge in [0.05, 0.1) is 12.0 Å². The molecular formula is C11H20O6S. The van der Waals surface area contributed by atoms with Crippen LogP contribution < -0.4 is 0 Å². The maximum Gasteiger partial charge on any atom is 0.311 e. The van der Waals surface area contributed by atoms with Crippen LogP contribution in [-0.4, -0.2) is 57.7 Å². The second-order valence-corrected chi connectivity index (χ2v) is 5.86. The lowest BCUT2D eigenvalue weighted by atomic mass is 9.96. The quantitative estimate of drug-likeness (QED) is 0.395. The first-order valence-electron chi connectivity index (χ1n) is 5.70. The van der Waals surface area contributed by atoms with Crippen molar-refractivity contribution in [3.05, 3.63) is 0 Å². The third kappa shape index (κ3) is 3.36. The summed E-state index contributed by atoms with van der Waals surface area (Å²) in [6.45, 7) is 4.57. The monoisotopic (exact) mass is 280 g/mol. The van der Waals surface area contributed by atoms with Crippen LogP contribution in [0.5, 0.6) is 0 Å². The Labute approximate surface area is 111 Å². The summed E-state index contributed by atoms with van der Waals surface area (Å²) in [6, 6.07) is 0. The fraction of sp³-hybridized carbons (Fsp3) is 0.909. The van der Waals surface area contributed by atoms with E-state index in [1.165, 1.54) is 0 Å². The SMILES string of the molecule is CC(C)(C)C(=O)O[C@H]1[C@H](O)[C@H](O)[C@H](CO)O[C@@H]1S. The lowest BCUT2D eigenvalue weighted by Gasteiger charge is -2.40. The molecule has 0 aromatic heterocycles. The van der Waals surface area contributed by atoms with E-state index in [-0.39, 0.29) is 0 Å². The number of ether oxygens (including phenoxy) is 2. The van der Waals surface area contributed by atoms with Crippen LogP contribution in [0.4, 0.5) is 0 Å². The summed E-state index contributed by atoms with van der Waals surface area (Å²) < 4.78 is 10.3. The highest BCUT2D eigenvalue weighted by molar-refractivity contribution is 7.80. The van der Waals surface area contributed by atoms with Crippen LogP contribution in [0.1, 0.15) is 20.8 Å². The van der Waals surface area contributed by atoms with Gasteiger partial charge in [0, 0.05) is 0 Å². The number of aliphatic hydroxyl groups is 3. The van der Waals surface area contributed by atoms with Crippen LogP contribution in [0.3, 0.4) is 0 Å². The Kier molecular flexibility index (Phi) is 5.02. The third-order valence-corrected chi connectivity index (χ3v) is 3.11. The number of esters is 1. The van der Waals surface area contributed by atoms with Gasteiger partial charge in [0.15, 0.2) is 6.10 Å². The van der Waals surface area contributed by atoms with Crippen LogP contribution in [-0.2, 0) is 14.3 Å². The molecule has 0 saturated carbocycles. The van der Waals surface area contributed by atoms with Crippen molar-refractivity contribution in [2.24, 2.45) is 5.41 Å². The van der Waals surface area contributed by atoms with Crippen LogP contribution in [0.2, 0.25) is 0 Å². The standard InChI is InChI=1S/C11H20O6S/c1-11(2,3)10(15)17-8-7(14)6(13)5(4-12)16-9(8)18/h5-9,12-14,18H,4H2,1-3H3/t5-,6+,7+,8-,9+/m0/s1. The molecule has 0 spiro atoms. The molecule has 5 atom stereocenters. The predicted octanol–water partition coefficient (Wildman–Crippen LogP) is -0.687. The van der Waals surface area contributed by atoms with Crippen molar-refractivity contribution in [3.63, 3.8) is 0 Å². The summed E-state index contributed by atoms with van der Waals surface area (Å²) in [5, 5.41) is 28.5. The Hall–Kier alpha value is -0.340. The summed E-state index contributed by atoms with van der Waals surface area (Å²) in [5.41, 5.74) is -1.63. The second-order valence-electron chi connectivity index (χ2n) is 5.35. The molecule has 0 radical (unpaired) electrons. The number of carbonyl (C=O) groups excluding carboxylic acids is 1. The van der Waals surface area contributed by atoms with Crippen LogP contribution in [0.15, 0.2) is 0 Å². The number of hydrogen-bond donors (Lipinski definition) is 4. The van der Waals surface area contributed by atoms with Gasteiger partial charge in [-0.05, 0) is 20.8 Å². The zero-order chi connectivity index (χ0) is 14.1. The van der Waals surface area contributed by atoms with Crippen LogP contribution in [0.25, 0.3) is 0 Å². The summed E-state index contributed by atoms with van der Waals surface area (Å²) >= 11 is 4.06. The molecular weight excluding hydrogens is 260 g/mol. The van der Waals surface area contributed by atoms with E-state index >= 15 is 0 Å². The van der Waals surface area contributed by atoms with Crippen molar-refractivity contribution < 1.29 is 29.6 Å². The molecule has 106 valence electrons. The highest BCUT2D eigenvalue weighted by Crippen LogP contribution is 2.27. The van der Waals surface area contributed by atoms with Gasteiger partial charge >= 0.3 is 5.97 Å². The molecule has 1 aliphatic rings. The first kappa shape index (κ1) is 15.7. The van der Waals surface area contributed by atoms with Crippen molar-refractivity contribution in [1.82, 2.24) is 0 Å².